The Labute approximate surface area is 271 Å². The monoisotopic (exact) mass is 636 g/mol. The van der Waals surface area contributed by atoms with Crippen molar-refractivity contribution in [2.24, 2.45) is 0 Å². The molecular weight excluding hydrogens is 604 g/mol. The van der Waals surface area contributed by atoms with Crippen LogP contribution in [0, 0.1) is 0 Å². The molecule has 45 heavy (non-hydrogen) atoms. The van der Waals surface area contributed by atoms with Crippen molar-refractivity contribution in [1.29, 1.82) is 0 Å². The van der Waals surface area contributed by atoms with Crippen molar-refractivity contribution >= 4 is 29.3 Å². The number of carbonyl (C=O) groups excluding carboxylic acids is 1. The molecule has 2 aliphatic rings. The largest absolute Gasteiger partial charge is 0.495 e. The van der Waals surface area contributed by atoms with Crippen molar-refractivity contribution in [3.8, 4) is 5.75 Å². The minimum absolute atomic E-state index is 0.0253. The molecule has 0 aliphatic carbocycles. The van der Waals surface area contributed by atoms with E-state index >= 15 is 0 Å². The molecule has 1 aromatic heterocycles. The Hall–Kier alpha value is -4.18. The number of methoxy groups -OCH3 is 1. The number of fused-ring (bicyclic) bond motifs is 1. The summed E-state index contributed by atoms with van der Waals surface area (Å²) < 4.78 is 6.73. The second-order valence-corrected chi connectivity index (χ2v) is 14.1. The third-order valence-corrected chi connectivity index (χ3v) is 10.7. The molecule has 7 rings (SSSR count). The Morgan fingerprint density at radius 2 is 1.49 bits per heavy atom. The fourth-order valence-electron chi connectivity index (χ4n) is 6.71. The Kier molecular flexibility index (Phi) is 7.63. The number of nitrogens with zero attached hydrogens (tertiary/aromatic N) is 5. The number of ether oxygens (including phenoxy) is 1. The van der Waals surface area contributed by atoms with Crippen LogP contribution < -0.4 is 10.1 Å². The van der Waals surface area contributed by atoms with Gasteiger partial charge >= 0.3 is 0 Å². The van der Waals surface area contributed by atoms with Gasteiger partial charge in [0.2, 0.25) is 5.91 Å². The zero-order valence-corrected chi connectivity index (χ0v) is 26.7. The van der Waals surface area contributed by atoms with E-state index in [4.69, 9.17) is 16.3 Å². The molecule has 4 aromatic carbocycles. The Morgan fingerprint density at radius 3 is 2.02 bits per heavy atom. The van der Waals surface area contributed by atoms with Crippen LogP contribution >= 0.6 is 23.4 Å². The zero-order valence-electron chi connectivity index (χ0n) is 25.2. The quantitative estimate of drug-likeness (QED) is 0.155. The van der Waals surface area contributed by atoms with Crippen LogP contribution in [0.25, 0.3) is 0 Å². The van der Waals surface area contributed by atoms with Crippen LogP contribution in [0.1, 0.15) is 48.0 Å². The van der Waals surface area contributed by atoms with Gasteiger partial charge in [0.25, 0.3) is 0 Å². The van der Waals surface area contributed by atoms with E-state index in [0.29, 0.717) is 23.1 Å². The van der Waals surface area contributed by atoms with Crippen LogP contribution in [0.2, 0.25) is 5.02 Å². The van der Waals surface area contributed by atoms with Gasteiger partial charge in [-0.05, 0) is 58.7 Å². The second-order valence-electron chi connectivity index (χ2n) is 11.9. The summed E-state index contributed by atoms with van der Waals surface area (Å²) in [4.78, 5) is 16.3. The van der Waals surface area contributed by atoms with E-state index < -0.39 is 11.6 Å². The maximum Gasteiger partial charge on any atom is 0.244 e. The van der Waals surface area contributed by atoms with Crippen molar-refractivity contribution in [2.75, 3.05) is 7.11 Å². The van der Waals surface area contributed by atoms with Gasteiger partial charge in [0, 0.05) is 4.75 Å². The molecule has 5 aromatic rings. The van der Waals surface area contributed by atoms with Crippen molar-refractivity contribution in [1.82, 2.24) is 30.4 Å². The third kappa shape index (κ3) is 4.99. The maximum absolute atomic E-state index is 14.3. The molecule has 1 N–H and O–H groups in total. The number of halogens is 1. The average Bonchev–Trinajstić information content (AvgIpc) is 3.61. The van der Waals surface area contributed by atoms with E-state index in [9.17, 15) is 4.79 Å². The first-order valence-electron chi connectivity index (χ1n) is 14.9. The lowest BCUT2D eigenvalue weighted by molar-refractivity contribution is -0.150. The van der Waals surface area contributed by atoms with Gasteiger partial charge in [-0.1, -0.05) is 109 Å². The molecule has 3 heterocycles. The molecule has 2 unspecified atom stereocenters. The number of carbonyl (C=O) groups is 1. The molecule has 1 amide bonds. The molecule has 228 valence electrons. The first kappa shape index (κ1) is 29.5. The number of β-lactam (4-membered cyclic amide) rings is 1. The Morgan fingerprint density at radius 1 is 0.911 bits per heavy atom. The summed E-state index contributed by atoms with van der Waals surface area (Å²) in [7, 11) is 1.59. The van der Waals surface area contributed by atoms with Crippen LogP contribution in [0.15, 0.2) is 109 Å². The van der Waals surface area contributed by atoms with E-state index in [1.54, 1.807) is 23.6 Å². The minimum Gasteiger partial charge on any atom is -0.495 e. The summed E-state index contributed by atoms with van der Waals surface area (Å²) in [5.74, 6) is 1.28. The number of aromatic nitrogens is 4. The molecule has 8 nitrogen and oxygen atoms in total. The SMILES string of the molecule is COc1ccc(Cn2nnnc2C2N3C(=O)C(NC(c4ccccc4)(c4ccccc4)c4ccccc4)[C@H]3SC2(C)C)cc1Cl. The van der Waals surface area contributed by atoms with Crippen LogP contribution in [0.5, 0.6) is 5.75 Å². The standard InChI is InChI=1S/C35H33ClN6O2S/c1-34(2)30(31-38-39-40-41(31)22-23-19-20-28(44-3)27(36)21-23)42-32(43)29(33(42)45-34)37-35(24-13-7-4-8-14-24,25-15-9-5-10-16-25)26-17-11-6-12-18-26/h4-21,29-30,33,37H,22H2,1-3H3/t29?,30?,33-/m1/s1. The molecule has 0 radical (unpaired) electrons. The van der Waals surface area contributed by atoms with Gasteiger partial charge in [0.15, 0.2) is 5.82 Å². The van der Waals surface area contributed by atoms with E-state index in [-0.39, 0.29) is 22.1 Å². The van der Waals surface area contributed by atoms with Crippen molar-refractivity contribution in [3.63, 3.8) is 0 Å². The van der Waals surface area contributed by atoms with Gasteiger partial charge in [0.05, 0.1) is 24.2 Å². The average molecular weight is 637 g/mol. The maximum atomic E-state index is 14.3. The van der Waals surface area contributed by atoms with Gasteiger partial charge in [-0.2, -0.15) is 0 Å². The first-order valence-corrected chi connectivity index (χ1v) is 16.1. The lowest BCUT2D eigenvalue weighted by atomic mass is 9.76. The van der Waals surface area contributed by atoms with Crippen LogP contribution in [-0.4, -0.2) is 54.3 Å². The highest BCUT2D eigenvalue weighted by atomic mass is 35.5. The van der Waals surface area contributed by atoms with Gasteiger partial charge < -0.3 is 9.64 Å². The van der Waals surface area contributed by atoms with Crippen molar-refractivity contribution in [2.45, 2.75) is 48.1 Å². The van der Waals surface area contributed by atoms with Gasteiger partial charge in [-0.3, -0.25) is 10.1 Å². The molecule has 2 aliphatic heterocycles. The van der Waals surface area contributed by atoms with Crippen LogP contribution in [-0.2, 0) is 16.9 Å². The molecule has 0 spiro atoms. The summed E-state index contributed by atoms with van der Waals surface area (Å²) in [6.45, 7) is 4.73. The number of hydrogen-bond acceptors (Lipinski definition) is 7. The Bertz CT molecular complexity index is 1720. The highest BCUT2D eigenvalue weighted by Gasteiger charge is 2.64. The highest BCUT2D eigenvalue weighted by molar-refractivity contribution is 8.01. The van der Waals surface area contributed by atoms with E-state index in [2.05, 4.69) is 71.1 Å². The van der Waals surface area contributed by atoms with Gasteiger partial charge in [-0.15, -0.1) is 16.9 Å². The normalized spacial score (nSPS) is 20.5. The number of tetrazole rings is 1. The minimum atomic E-state index is -0.756. The predicted molar refractivity (Wildman–Crippen MR) is 176 cm³/mol. The third-order valence-electron chi connectivity index (χ3n) is 8.79. The number of benzene rings is 4. The molecule has 3 atom stereocenters. The molecular formula is C35H33ClN6O2S. The molecule has 0 saturated carbocycles. The second kappa shape index (κ2) is 11.6. The number of thioether (sulfide) groups is 1. The summed E-state index contributed by atoms with van der Waals surface area (Å²) in [6.07, 6.45) is 0. The summed E-state index contributed by atoms with van der Waals surface area (Å²) >= 11 is 8.19. The van der Waals surface area contributed by atoms with E-state index in [1.165, 1.54) is 0 Å². The molecule has 2 fully saturated rings. The number of rotatable bonds is 9. The summed E-state index contributed by atoms with van der Waals surface area (Å²) in [6, 6.07) is 36.0. The lowest BCUT2D eigenvalue weighted by Crippen LogP contribution is -2.70. The van der Waals surface area contributed by atoms with Crippen molar-refractivity contribution in [3.05, 3.63) is 142 Å². The Balaban J connectivity index is 1.24. The highest BCUT2D eigenvalue weighted by Crippen LogP contribution is 2.57. The smallest absolute Gasteiger partial charge is 0.244 e. The van der Waals surface area contributed by atoms with Crippen molar-refractivity contribution < 1.29 is 9.53 Å². The molecule has 2 saturated heterocycles. The summed E-state index contributed by atoms with van der Waals surface area (Å²) in [5, 5.41) is 17.1. The fourth-order valence-corrected chi connectivity index (χ4v) is 8.62. The number of amides is 1. The first-order chi connectivity index (χ1) is 21.8. The fraction of sp³-hybridized carbons (Fsp3) is 0.257. The molecule has 10 heteroatoms. The lowest BCUT2D eigenvalue weighted by Gasteiger charge is -2.49. The number of hydrogen-bond donors (Lipinski definition) is 1. The van der Waals surface area contributed by atoms with E-state index in [0.717, 1.165) is 22.3 Å². The zero-order chi connectivity index (χ0) is 31.2. The van der Waals surface area contributed by atoms with Crippen LogP contribution in [0.4, 0.5) is 0 Å². The van der Waals surface area contributed by atoms with E-state index in [1.807, 2.05) is 77.7 Å². The topological polar surface area (TPSA) is 85.2 Å². The number of nitrogens with one attached hydrogen (secondary N) is 1. The van der Waals surface area contributed by atoms with Crippen LogP contribution in [0.3, 0.4) is 0 Å². The molecule has 0 bridgehead atoms. The predicted octanol–water partition coefficient (Wildman–Crippen LogP) is 6.07. The van der Waals surface area contributed by atoms with Gasteiger partial charge in [0.1, 0.15) is 23.2 Å². The van der Waals surface area contributed by atoms with Gasteiger partial charge in [-0.25, -0.2) is 4.68 Å². The summed E-state index contributed by atoms with van der Waals surface area (Å²) in [5.41, 5.74) is 3.37.